The third-order valence-corrected chi connectivity index (χ3v) is 2.74. The molecule has 0 rings (SSSR count). The molecule has 0 amide bonds. The second-order valence-corrected chi connectivity index (χ2v) is 7.77. The van der Waals surface area contributed by atoms with E-state index in [4.69, 9.17) is 0 Å². The molecule has 0 atom stereocenters. The summed E-state index contributed by atoms with van der Waals surface area (Å²) in [5, 5.41) is 0.683. The molecule has 0 aromatic heterocycles. The lowest BCUT2D eigenvalue weighted by Crippen LogP contribution is -2.14. The smallest absolute Gasteiger partial charge is 0.0103 e. The third-order valence-electron chi connectivity index (χ3n) is 1.92. The fourth-order valence-corrected chi connectivity index (χ4v) is 3.93. The van der Waals surface area contributed by atoms with E-state index in [0.717, 1.165) is 11.8 Å². The highest BCUT2D eigenvalue weighted by molar-refractivity contribution is 6.14. The Morgan fingerprint density at radius 3 is 1.45 bits per heavy atom. The SMILES string of the molecule is CC(C)CC(C)([SiH3])CC(C)C. The third kappa shape index (κ3) is 6.61. The van der Waals surface area contributed by atoms with Crippen molar-refractivity contribution in [3.63, 3.8) is 0 Å². The first kappa shape index (κ1) is 11.2. The Bertz CT molecular complexity index is 91.4. The highest BCUT2D eigenvalue weighted by atomic mass is 28.1. The first-order valence-corrected chi connectivity index (χ1v) is 5.83. The van der Waals surface area contributed by atoms with Crippen molar-refractivity contribution >= 4 is 10.2 Å². The summed E-state index contributed by atoms with van der Waals surface area (Å²) in [5.41, 5.74) is 0. The maximum absolute atomic E-state index is 2.44. The van der Waals surface area contributed by atoms with Gasteiger partial charge in [-0.25, -0.2) is 0 Å². The van der Waals surface area contributed by atoms with E-state index >= 15 is 0 Å². The molecule has 0 spiro atoms. The Morgan fingerprint density at radius 2 is 1.27 bits per heavy atom. The van der Waals surface area contributed by atoms with Crippen LogP contribution < -0.4 is 0 Å². The van der Waals surface area contributed by atoms with E-state index in [2.05, 4.69) is 34.6 Å². The van der Waals surface area contributed by atoms with E-state index in [-0.39, 0.29) is 0 Å². The minimum atomic E-state index is 0.683. The molecule has 0 heterocycles. The Labute approximate surface area is 75.2 Å². The van der Waals surface area contributed by atoms with Gasteiger partial charge in [0.25, 0.3) is 0 Å². The second kappa shape index (κ2) is 4.29. The fourth-order valence-electron chi connectivity index (χ4n) is 2.29. The Morgan fingerprint density at radius 1 is 1.00 bits per heavy atom. The molecule has 0 aliphatic heterocycles. The van der Waals surface area contributed by atoms with E-state index < -0.39 is 0 Å². The Balaban J connectivity index is 3.79. The quantitative estimate of drug-likeness (QED) is 0.572. The summed E-state index contributed by atoms with van der Waals surface area (Å²) in [5.74, 6) is 1.74. The molecule has 0 saturated carbocycles. The van der Waals surface area contributed by atoms with Crippen molar-refractivity contribution in [2.45, 2.75) is 52.5 Å². The summed E-state index contributed by atoms with van der Waals surface area (Å²) in [6.07, 6.45) is 2.83. The zero-order valence-corrected chi connectivity index (χ0v) is 11.1. The lowest BCUT2D eigenvalue weighted by atomic mass is 9.90. The highest BCUT2D eigenvalue weighted by Crippen LogP contribution is 2.36. The number of rotatable bonds is 4. The van der Waals surface area contributed by atoms with E-state index in [1.807, 2.05) is 0 Å². The zero-order chi connectivity index (χ0) is 9.07. The van der Waals surface area contributed by atoms with Crippen LogP contribution in [0.1, 0.15) is 47.5 Å². The van der Waals surface area contributed by atoms with Gasteiger partial charge < -0.3 is 0 Å². The average molecular weight is 172 g/mol. The van der Waals surface area contributed by atoms with Crippen LogP contribution in [0, 0.1) is 11.8 Å². The first-order chi connectivity index (χ1) is 4.83. The number of hydrogen-bond donors (Lipinski definition) is 0. The predicted octanol–water partition coefficient (Wildman–Crippen LogP) is 2.62. The van der Waals surface area contributed by atoms with E-state index in [1.54, 1.807) is 0 Å². The van der Waals surface area contributed by atoms with Crippen molar-refractivity contribution in [2.75, 3.05) is 0 Å². The van der Waals surface area contributed by atoms with Crippen LogP contribution in [0.25, 0.3) is 0 Å². The van der Waals surface area contributed by atoms with Gasteiger partial charge in [0.1, 0.15) is 0 Å². The monoisotopic (exact) mass is 172 g/mol. The topological polar surface area (TPSA) is 0 Å². The maximum Gasteiger partial charge on any atom is 0.0103 e. The van der Waals surface area contributed by atoms with Gasteiger partial charge in [0.05, 0.1) is 0 Å². The minimum Gasteiger partial charge on any atom is -0.0629 e. The maximum atomic E-state index is 2.44. The predicted molar refractivity (Wildman–Crippen MR) is 57.2 cm³/mol. The van der Waals surface area contributed by atoms with E-state index in [1.165, 1.54) is 23.1 Å². The summed E-state index contributed by atoms with van der Waals surface area (Å²) >= 11 is 0. The van der Waals surface area contributed by atoms with Crippen LogP contribution in [0.3, 0.4) is 0 Å². The molecule has 0 bridgehead atoms. The molecule has 1 heteroatoms. The van der Waals surface area contributed by atoms with Crippen molar-refractivity contribution in [3.8, 4) is 0 Å². The van der Waals surface area contributed by atoms with Crippen LogP contribution in [0.4, 0.5) is 0 Å². The molecular weight excluding hydrogens is 148 g/mol. The van der Waals surface area contributed by atoms with Gasteiger partial charge in [-0.3, -0.25) is 0 Å². The summed E-state index contributed by atoms with van der Waals surface area (Å²) in [6, 6.07) is 0. The van der Waals surface area contributed by atoms with Gasteiger partial charge in [-0.1, -0.05) is 34.6 Å². The fraction of sp³-hybridized carbons (Fsp3) is 1.00. The summed E-state index contributed by atoms with van der Waals surface area (Å²) in [4.78, 5) is 0. The Kier molecular flexibility index (Phi) is 4.38. The molecule has 0 fully saturated rings. The first-order valence-electron chi connectivity index (χ1n) is 4.83. The van der Waals surface area contributed by atoms with Crippen LogP contribution in [0.15, 0.2) is 0 Å². The summed E-state index contributed by atoms with van der Waals surface area (Å²) < 4.78 is 0. The summed E-state index contributed by atoms with van der Waals surface area (Å²) in [6.45, 7) is 11.8. The molecule has 0 radical (unpaired) electrons. The van der Waals surface area contributed by atoms with Crippen LogP contribution in [0.5, 0.6) is 0 Å². The Hall–Kier alpha value is 0.217. The van der Waals surface area contributed by atoms with Gasteiger partial charge in [-0.15, -0.1) is 0 Å². The van der Waals surface area contributed by atoms with Crippen LogP contribution in [-0.2, 0) is 0 Å². The normalized spacial score (nSPS) is 13.4. The summed E-state index contributed by atoms with van der Waals surface area (Å²) in [7, 11) is 1.34. The van der Waals surface area contributed by atoms with Gasteiger partial charge in [0.2, 0.25) is 0 Å². The molecule has 0 saturated heterocycles. The minimum absolute atomic E-state index is 0.683. The van der Waals surface area contributed by atoms with Gasteiger partial charge >= 0.3 is 0 Å². The molecule has 0 aromatic carbocycles. The molecule has 11 heavy (non-hydrogen) atoms. The number of hydrogen-bond acceptors (Lipinski definition) is 0. The molecule has 0 nitrogen and oxygen atoms in total. The molecule has 0 N–H and O–H groups in total. The lowest BCUT2D eigenvalue weighted by Gasteiger charge is -2.28. The molecule has 0 aliphatic carbocycles. The molecule has 68 valence electrons. The van der Waals surface area contributed by atoms with Crippen LogP contribution in [-0.4, -0.2) is 10.2 Å². The average Bonchev–Trinajstić information content (AvgIpc) is 1.53. The standard InChI is InChI=1S/C10H24Si/c1-8(2)6-10(5,11)7-9(3)4/h8-9H,6-7H2,1-5,11H3. The van der Waals surface area contributed by atoms with Gasteiger partial charge in [-0.2, -0.15) is 0 Å². The molecule has 0 aliphatic rings. The largest absolute Gasteiger partial charge is 0.0629 e. The zero-order valence-electron chi connectivity index (χ0n) is 9.07. The van der Waals surface area contributed by atoms with Crippen molar-refractivity contribution in [2.24, 2.45) is 11.8 Å². The van der Waals surface area contributed by atoms with Crippen LogP contribution in [0.2, 0.25) is 5.04 Å². The van der Waals surface area contributed by atoms with Gasteiger partial charge in [-0.05, 0) is 29.7 Å². The lowest BCUT2D eigenvalue weighted by molar-refractivity contribution is 0.386. The van der Waals surface area contributed by atoms with Crippen molar-refractivity contribution in [1.29, 1.82) is 0 Å². The van der Waals surface area contributed by atoms with Crippen molar-refractivity contribution in [1.82, 2.24) is 0 Å². The van der Waals surface area contributed by atoms with Crippen molar-refractivity contribution < 1.29 is 0 Å². The van der Waals surface area contributed by atoms with Gasteiger partial charge in [0, 0.05) is 10.2 Å². The van der Waals surface area contributed by atoms with E-state index in [9.17, 15) is 0 Å². The molecule has 0 aromatic rings. The molecule has 0 unspecified atom stereocenters. The van der Waals surface area contributed by atoms with Crippen LogP contribution >= 0.6 is 0 Å². The van der Waals surface area contributed by atoms with E-state index in [0.29, 0.717) is 5.04 Å². The highest BCUT2D eigenvalue weighted by Gasteiger charge is 2.20. The van der Waals surface area contributed by atoms with Crippen molar-refractivity contribution in [3.05, 3.63) is 0 Å². The second-order valence-electron chi connectivity index (χ2n) is 5.36. The molecular formula is C10H24Si. The van der Waals surface area contributed by atoms with Gasteiger partial charge in [0.15, 0.2) is 0 Å².